The molecule has 0 atom stereocenters. The van der Waals surface area contributed by atoms with Crippen molar-refractivity contribution in [1.29, 1.82) is 0 Å². The van der Waals surface area contributed by atoms with Crippen molar-refractivity contribution in [2.45, 2.75) is 0 Å². The number of thiophene rings is 1. The third-order valence-corrected chi connectivity index (χ3v) is 22.7. The second-order valence-electron chi connectivity index (χ2n) is 27.8. The van der Waals surface area contributed by atoms with Crippen molar-refractivity contribution in [3.05, 3.63) is 364 Å². The Hall–Kier alpha value is -14.2. The molecular formula is C100H60N4O3S. The van der Waals surface area contributed by atoms with Crippen LogP contribution in [0, 0.1) is 0 Å². The average molecular weight is 1400 g/mol. The Morgan fingerprint density at radius 3 is 1.31 bits per heavy atom. The fourth-order valence-corrected chi connectivity index (χ4v) is 17.8. The van der Waals surface area contributed by atoms with Gasteiger partial charge in [-0.2, -0.15) is 0 Å². The number of pyridine rings is 2. The van der Waals surface area contributed by atoms with Gasteiger partial charge in [0.15, 0.2) is 0 Å². The van der Waals surface area contributed by atoms with Crippen molar-refractivity contribution in [3.8, 4) is 89.8 Å². The predicted molar refractivity (Wildman–Crippen MR) is 450 cm³/mol. The van der Waals surface area contributed by atoms with Crippen LogP contribution >= 0.6 is 11.3 Å². The van der Waals surface area contributed by atoms with Crippen LogP contribution in [0.1, 0.15) is 0 Å². The minimum Gasteiger partial charge on any atom is -0.456 e. The number of hydrogen-bond donors (Lipinski definition) is 0. The summed E-state index contributed by atoms with van der Waals surface area (Å²) >= 11 is 1.87. The van der Waals surface area contributed by atoms with Gasteiger partial charge in [0.05, 0.1) is 44.8 Å². The molecule has 0 aliphatic carbocycles. The summed E-state index contributed by atoms with van der Waals surface area (Å²) in [4.78, 5) is 10.7. The van der Waals surface area contributed by atoms with E-state index in [4.69, 9.17) is 23.2 Å². The Kier molecular flexibility index (Phi) is 14.0. The first kappa shape index (κ1) is 61.3. The van der Waals surface area contributed by atoms with E-state index in [9.17, 15) is 0 Å². The first-order valence-corrected chi connectivity index (χ1v) is 37.3. The van der Waals surface area contributed by atoms with E-state index in [1.54, 1.807) is 0 Å². The molecule has 0 fully saturated rings. The van der Waals surface area contributed by atoms with E-state index in [1.165, 1.54) is 63.9 Å². The average Bonchev–Trinajstić information content (AvgIpc) is 1.56. The standard InChI is InChI=1S/C53H32N2O2.C47H28N2OS/c1-2-12-33(13-3-1)34-24-26-35(27-25-34)44-31-37(39-19-11-20-41-40-16-5-8-22-48(40)57-53(39)41)32-45(54-44)36-14-10-15-38(30-36)55-46-21-7-4-17-42(46)51-47(55)28-29-50-52(51)43-18-6-9-23-49(43)56-50;1-2-11-29(12-3-1)38-27-32(30-21-23-43-37(26-30)34-15-5-8-19-42(34)50-43)28-39(48-38)31-13-10-14-33(25-31)49-40-18-7-4-16-35(40)46-41(49)22-24-45-47(46)36-17-6-9-20-44(36)51-45/h1-32H;1-28H. The molecule has 8 heteroatoms. The molecule has 8 heterocycles. The largest absolute Gasteiger partial charge is 0.456 e. The Bertz CT molecular complexity index is 7560. The number of furan rings is 3. The Balaban J connectivity index is 0.000000135. The molecule has 0 amide bonds. The van der Waals surface area contributed by atoms with Crippen LogP contribution in [0.4, 0.5) is 0 Å². The van der Waals surface area contributed by atoms with Crippen molar-refractivity contribution in [2.24, 2.45) is 0 Å². The van der Waals surface area contributed by atoms with Crippen LogP contribution < -0.4 is 0 Å². The maximum absolute atomic E-state index is 6.56. The molecule has 0 spiro atoms. The summed E-state index contributed by atoms with van der Waals surface area (Å²) in [5.41, 5.74) is 26.7. The molecule has 0 aliphatic heterocycles. The minimum absolute atomic E-state index is 0.873. The lowest BCUT2D eigenvalue weighted by Crippen LogP contribution is -1.96. The molecule has 0 aliphatic rings. The van der Waals surface area contributed by atoms with Gasteiger partial charge in [-0.1, -0.05) is 243 Å². The molecule has 0 saturated carbocycles. The van der Waals surface area contributed by atoms with Gasteiger partial charge in [-0.15, -0.1) is 11.3 Å². The third-order valence-electron chi connectivity index (χ3n) is 21.6. The van der Waals surface area contributed by atoms with E-state index in [-0.39, 0.29) is 0 Å². The number of aromatic nitrogens is 4. The molecular weight excluding hydrogens is 1340 g/mol. The Morgan fingerprint density at radius 2 is 0.648 bits per heavy atom. The summed E-state index contributed by atoms with van der Waals surface area (Å²) < 4.78 is 26.5. The summed E-state index contributed by atoms with van der Waals surface area (Å²) in [6.45, 7) is 0. The van der Waals surface area contributed by atoms with Gasteiger partial charge >= 0.3 is 0 Å². The molecule has 108 heavy (non-hydrogen) atoms. The van der Waals surface area contributed by atoms with Gasteiger partial charge in [0.25, 0.3) is 0 Å². The maximum Gasteiger partial charge on any atom is 0.143 e. The normalized spacial score (nSPS) is 11.9. The van der Waals surface area contributed by atoms with Crippen LogP contribution in [-0.2, 0) is 0 Å². The van der Waals surface area contributed by atoms with Crippen LogP contribution in [0.3, 0.4) is 0 Å². The van der Waals surface area contributed by atoms with E-state index in [2.05, 4.69) is 325 Å². The Morgan fingerprint density at radius 1 is 0.213 bits per heavy atom. The first-order chi connectivity index (χ1) is 53.5. The summed E-state index contributed by atoms with van der Waals surface area (Å²) in [6.07, 6.45) is 0. The topological polar surface area (TPSA) is 75.1 Å². The number of fused-ring (bicyclic) bond motifs is 20. The van der Waals surface area contributed by atoms with Crippen molar-refractivity contribution in [3.63, 3.8) is 0 Å². The van der Waals surface area contributed by atoms with Crippen LogP contribution in [0.25, 0.3) is 219 Å². The predicted octanol–water partition coefficient (Wildman–Crippen LogP) is 28.1. The van der Waals surface area contributed by atoms with Gasteiger partial charge in [0, 0.05) is 113 Å². The molecule has 0 unspecified atom stereocenters. The molecule has 504 valence electrons. The lowest BCUT2D eigenvalue weighted by molar-refractivity contribution is 0.668. The van der Waals surface area contributed by atoms with Gasteiger partial charge in [-0.3, -0.25) is 0 Å². The van der Waals surface area contributed by atoms with Crippen LogP contribution in [0.5, 0.6) is 0 Å². The lowest BCUT2D eigenvalue weighted by Gasteiger charge is -2.13. The molecule has 15 aromatic carbocycles. The van der Waals surface area contributed by atoms with Gasteiger partial charge in [0.2, 0.25) is 0 Å². The zero-order chi connectivity index (χ0) is 70.9. The highest BCUT2D eigenvalue weighted by Gasteiger charge is 2.23. The highest BCUT2D eigenvalue weighted by Crippen LogP contribution is 2.47. The molecule has 0 N–H and O–H groups in total. The SMILES string of the molecule is c1ccc(-c2cc(-c3ccc4oc5ccccc5c4c3)cc(-c3cccc(-n4c5ccccc5c5c6c(ccc54)sc4ccccc46)c3)n2)cc1.c1ccc(-c2ccc(-c3cc(-c4cccc5c4oc4ccccc45)cc(-c4cccc(-n5c6ccccc6c6c7c(ccc65)oc5ccccc57)c4)n3)cc2)cc1. The van der Waals surface area contributed by atoms with E-state index >= 15 is 0 Å². The van der Waals surface area contributed by atoms with Crippen LogP contribution in [-0.4, -0.2) is 19.1 Å². The summed E-state index contributed by atoms with van der Waals surface area (Å²) in [5, 5.41) is 14.3. The Labute approximate surface area is 622 Å². The van der Waals surface area contributed by atoms with Crippen molar-refractivity contribution in [2.75, 3.05) is 0 Å². The smallest absolute Gasteiger partial charge is 0.143 e. The van der Waals surface area contributed by atoms with Crippen molar-refractivity contribution >= 4 is 141 Å². The number of hydrogen-bond acceptors (Lipinski definition) is 6. The molecule has 23 aromatic rings. The van der Waals surface area contributed by atoms with E-state index < -0.39 is 0 Å². The molecule has 0 radical (unpaired) electrons. The highest BCUT2D eigenvalue weighted by atomic mass is 32.1. The fraction of sp³-hybridized carbons (Fsp3) is 0. The first-order valence-electron chi connectivity index (χ1n) is 36.5. The second-order valence-corrected chi connectivity index (χ2v) is 28.9. The second kappa shape index (κ2) is 24.7. The fourth-order valence-electron chi connectivity index (χ4n) is 16.6. The third kappa shape index (κ3) is 10.0. The van der Waals surface area contributed by atoms with Gasteiger partial charge in [-0.25, -0.2) is 9.97 Å². The van der Waals surface area contributed by atoms with Gasteiger partial charge in [0.1, 0.15) is 33.5 Å². The zero-order valence-electron chi connectivity index (χ0n) is 58.1. The summed E-state index contributed by atoms with van der Waals surface area (Å²) in [5.74, 6) is 0. The van der Waals surface area contributed by atoms with E-state index in [0.29, 0.717) is 0 Å². The van der Waals surface area contributed by atoms with E-state index in [1.807, 2.05) is 59.9 Å². The summed E-state index contributed by atoms with van der Waals surface area (Å²) in [7, 11) is 0. The van der Waals surface area contributed by atoms with Crippen LogP contribution in [0.15, 0.2) is 377 Å². The summed E-state index contributed by atoms with van der Waals surface area (Å²) in [6, 6.07) is 129. The minimum atomic E-state index is 0.873. The molecule has 8 aromatic heterocycles. The number of rotatable bonds is 9. The number of para-hydroxylation sites is 6. The monoisotopic (exact) mass is 1400 g/mol. The van der Waals surface area contributed by atoms with Gasteiger partial charge in [-0.05, 0) is 149 Å². The number of nitrogens with zero attached hydrogens (tertiary/aromatic N) is 4. The van der Waals surface area contributed by atoms with Crippen molar-refractivity contribution in [1.82, 2.24) is 19.1 Å². The highest BCUT2D eigenvalue weighted by molar-refractivity contribution is 7.26. The van der Waals surface area contributed by atoms with E-state index in [0.717, 1.165) is 156 Å². The van der Waals surface area contributed by atoms with Gasteiger partial charge < -0.3 is 22.4 Å². The zero-order valence-corrected chi connectivity index (χ0v) is 58.9. The number of benzene rings is 15. The quantitative estimate of drug-likeness (QED) is 0.144. The lowest BCUT2D eigenvalue weighted by atomic mass is 9.97. The van der Waals surface area contributed by atoms with Crippen LogP contribution in [0.2, 0.25) is 0 Å². The molecule has 7 nitrogen and oxygen atoms in total. The van der Waals surface area contributed by atoms with Crippen molar-refractivity contribution < 1.29 is 13.3 Å². The maximum atomic E-state index is 6.56. The molecule has 0 saturated heterocycles. The molecule has 0 bridgehead atoms. The molecule has 23 rings (SSSR count).